The number of hydrogen-bond donors (Lipinski definition) is 3. The van der Waals surface area contributed by atoms with Gasteiger partial charge < -0.3 is 11.1 Å². The van der Waals surface area contributed by atoms with Crippen molar-refractivity contribution >= 4 is 40.3 Å². The van der Waals surface area contributed by atoms with Gasteiger partial charge in [0.05, 0.1) is 5.56 Å². The summed E-state index contributed by atoms with van der Waals surface area (Å²) in [5.41, 5.74) is 7.18. The maximum Gasteiger partial charge on any atom is 0.319 e. The van der Waals surface area contributed by atoms with E-state index in [1.165, 1.54) is 17.4 Å². The van der Waals surface area contributed by atoms with Crippen LogP contribution in [0.3, 0.4) is 0 Å². The molecule has 0 atom stereocenters. The molecule has 0 radical (unpaired) electrons. The molecule has 0 bridgehead atoms. The Morgan fingerprint density at radius 1 is 1.12 bits per heavy atom. The Morgan fingerprint density at radius 2 is 1.88 bits per heavy atom. The minimum atomic E-state index is -0.913. The van der Waals surface area contributed by atoms with Crippen LogP contribution in [0.1, 0.15) is 32.8 Å². The van der Waals surface area contributed by atoms with Crippen LogP contribution in [0.5, 0.6) is 0 Å². The normalized spacial score (nSPS) is 12.8. The lowest BCUT2D eigenvalue weighted by Crippen LogP contribution is -2.35. The molecule has 4 N–H and O–H groups in total. The number of hydrogen-bond acceptors (Lipinski definition) is 4. The number of carbonyl (C=O) groups is 3. The first kappa shape index (κ1) is 16.9. The van der Waals surface area contributed by atoms with Crippen molar-refractivity contribution in [2.24, 2.45) is 5.73 Å². The fourth-order valence-corrected chi connectivity index (χ4v) is 4.09. The third-order valence-corrected chi connectivity index (χ3v) is 5.06. The summed E-state index contributed by atoms with van der Waals surface area (Å²) in [4.78, 5) is 36.5. The number of amides is 4. The van der Waals surface area contributed by atoms with Crippen LogP contribution in [0.25, 0.3) is 6.08 Å². The van der Waals surface area contributed by atoms with E-state index in [4.69, 9.17) is 5.73 Å². The van der Waals surface area contributed by atoms with E-state index >= 15 is 0 Å². The second-order valence-corrected chi connectivity index (χ2v) is 6.72. The fourth-order valence-electron chi connectivity index (χ4n) is 2.80. The minimum absolute atomic E-state index is 0.336. The molecule has 1 aliphatic carbocycles. The highest BCUT2D eigenvalue weighted by Crippen LogP contribution is 2.39. The Labute approximate surface area is 148 Å². The average Bonchev–Trinajstić information content (AvgIpc) is 3.13. The Morgan fingerprint density at radius 3 is 2.60 bits per heavy atom. The quantitative estimate of drug-likeness (QED) is 0.735. The fraction of sp³-hybridized carbons (Fsp3) is 0.167. The first-order valence-corrected chi connectivity index (χ1v) is 8.65. The van der Waals surface area contributed by atoms with Crippen molar-refractivity contribution in [2.45, 2.75) is 19.3 Å². The van der Waals surface area contributed by atoms with E-state index in [-0.39, 0.29) is 5.91 Å². The lowest BCUT2D eigenvalue weighted by Gasteiger charge is -2.06. The third-order valence-electron chi connectivity index (χ3n) is 3.85. The monoisotopic (exact) mass is 355 g/mol. The minimum Gasteiger partial charge on any atom is -0.351 e. The van der Waals surface area contributed by atoms with Crippen molar-refractivity contribution < 1.29 is 14.4 Å². The molecule has 1 aliphatic rings. The van der Waals surface area contributed by atoms with Crippen LogP contribution in [0, 0.1) is 0 Å². The standard InChI is InChI=1S/C18H17N3O3S/c19-18(24)21-16(23)15-12-7-4-8-13(12)25-17(15)20-14(22)10-9-11-5-2-1-3-6-11/h1-3,5-6,9-10H,4,7-8H2,(H,20,22)(H3,19,21,23,24). The van der Waals surface area contributed by atoms with Crippen molar-refractivity contribution in [3.63, 3.8) is 0 Å². The number of primary amides is 1. The molecule has 1 aromatic carbocycles. The molecule has 0 fully saturated rings. The molecule has 4 amide bonds. The summed E-state index contributed by atoms with van der Waals surface area (Å²) in [6.07, 6.45) is 5.69. The van der Waals surface area contributed by atoms with E-state index in [9.17, 15) is 14.4 Å². The van der Waals surface area contributed by atoms with Crippen molar-refractivity contribution in [1.82, 2.24) is 5.32 Å². The Hall–Kier alpha value is -2.93. The zero-order chi connectivity index (χ0) is 17.8. The number of rotatable bonds is 4. The van der Waals surface area contributed by atoms with Crippen molar-refractivity contribution in [2.75, 3.05) is 5.32 Å². The molecule has 7 heteroatoms. The Kier molecular flexibility index (Phi) is 4.95. The van der Waals surface area contributed by atoms with Gasteiger partial charge in [0.1, 0.15) is 5.00 Å². The third kappa shape index (κ3) is 3.95. The summed E-state index contributed by atoms with van der Waals surface area (Å²) in [5, 5.41) is 5.28. The van der Waals surface area contributed by atoms with Crippen molar-refractivity contribution in [1.29, 1.82) is 0 Å². The predicted molar refractivity (Wildman–Crippen MR) is 97.5 cm³/mol. The van der Waals surface area contributed by atoms with Gasteiger partial charge in [0.15, 0.2) is 0 Å². The highest BCUT2D eigenvalue weighted by atomic mass is 32.1. The Bertz CT molecular complexity index is 856. The number of nitrogens with two attached hydrogens (primary N) is 1. The van der Waals surface area contributed by atoms with E-state index in [0.29, 0.717) is 10.6 Å². The van der Waals surface area contributed by atoms with Gasteiger partial charge in [-0.15, -0.1) is 11.3 Å². The molecule has 6 nitrogen and oxygen atoms in total. The van der Waals surface area contributed by atoms with Gasteiger partial charge in [-0.1, -0.05) is 30.3 Å². The number of nitrogens with one attached hydrogen (secondary N) is 2. The van der Waals surface area contributed by atoms with E-state index < -0.39 is 11.9 Å². The maximum absolute atomic E-state index is 12.3. The van der Waals surface area contributed by atoms with E-state index in [1.807, 2.05) is 30.3 Å². The maximum atomic E-state index is 12.3. The number of imide groups is 1. The van der Waals surface area contributed by atoms with Gasteiger partial charge >= 0.3 is 6.03 Å². The van der Waals surface area contributed by atoms with Crippen LogP contribution in [-0.4, -0.2) is 17.8 Å². The molecule has 25 heavy (non-hydrogen) atoms. The smallest absolute Gasteiger partial charge is 0.319 e. The van der Waals surface area contributed by atoms with Crippen LogP contribution in [0.2, 0.25) is 0 Å². The molecular formula is C18H17N3O3S. The zero-order valence-corrected chi connectivity index (χ0v) is 14.2. The number of urea groups is 1. The second kappa shape index (κ2) is 7.31. The van der Waals surface area contributed by atoms with Crippen LogP contribution in [0.15, 0.2) is 36.4 Å². The van der Waals surface area contributed by atoms with E-state index in [2.05, 4.69) is 10.6 Å². The molecule has 1 heterocycles. The summed E-state index contributed by atoms with van der Waals surface area (Å²) < 4.78 is 0. The molecule has 0 saturated carbocycles. The largest absolute Gasteiger partial charge is 0.351 e. The van der Waals surface area contributed by atoms with Crippen LogP contribution in [0.4, 0.5) is 9.80 Å². The highest BCUT2D eigenvalue weighted by Gasteiger charge is 2.27. The van der Waals surface area contributed by atoms with Gasteiger partial charge in [-0.05, 0) is 36.5 Å². The lowest BCUT2D eigenvalue weighted by atomic mass is 10.1. The molecule has 0 unspecified atom stereocenters. The molecular weight excluding hydrogens is 338 g/mol. The topological polar surface area (TPSA) is 101 Å². The molecule has 3 rings (SSSR count). The van der Waals surface area contributed by atoms with Gasteiger partial charge in [0.25, 0.3) is 5.91 Å². The number of aryl methyl sites for hydroxylation is 1. The number of benzene rings is 1. The summed E-state index contributed by atoms with van der Waals surface area (Å²) in [6, 6.07) is 8.52. The van der Waals surface area contributed by atoms with Crippen molar-refractivity contribution in [3.8, 4) is 0 Å². The van der Waals surface area contributed by atoms with Crippen molar-refractivity contribution in [3.05, 3.63) is 58.0 Å². The second-order valence-electron chi connectivity index (χ2n) is 5.61. The average molecular weight is 355 g/mol. The number of carbonyl (C=O) groups excluding carboxylic acids is 3. The zero-order valence-electron chi connectivity index (χ0n) is 13.4. The number of thiophene rings is 1. The first-order valence-electron chi connectivity index (χ1n) is 7.84. The summed E-state index contributed by atoms with van der Waals surface area (Å²) >= 11 is 1.38. The van der Waals surface area contributed by atoms with Gasteiger partial charge in [-0.3, -0.25) is 14.9 Å². The number of anilines is 1. The van der Waals surface area contributed by atoms with Gasteiger partial charge in [-0.25, -0.2) is 4.79 Å². The van der Waals surface area contributed by atoms with Gasteiger partial charge in [-0.2, -0.15) is 0 Å². The van der Waals surface area contributed by atoms with Crippen LogP contribution >= 0.6 is 11.3 Å². The summed E-state index contributed by atoms with van der Waals surface area (Å²) in [6.45, 7) is 0. The summed E-state index contributed by atoms with van der Waals surface area (Å²) in [7, 11) is 0. The molecule has 2 aromatic rings. The first-order chi connectivity index (χ1) is 12.0. The molecule has 0 saturated heterocycles. The molecule has 128 valence electrons. The van der Waals surface area contributed by atoms with E-state index in [0.717, 1.165) is 35.3 Å². The number of fused-ring (bicyclic) bond motifs is 1. The molecule has 1 aromatic heterocycles. The Balaban J connectivity index is 1.80. The molecule has 0 aliphatic heterocycles. The van der Waals surface area contributed by atoms with Gasteiger partial charge in [0, 0.05) is 11.0 Å². The summed E-state index contributed by atoms with van der Waals surface area (Å²) in [5.74, 6) is -0.911. The SMILES string of the molecule is NC(=O)NC(=O)c1c(NC(=O)C=Cc2ccccc2)sc2c1CCC2. The highest BCUT2D eigenvalue weighted by molar-refractivity contribution is 7.17. The van der Waals surface area contributed by atoms with Crippen LogP contribution < -0.4 is 16.4 Å². The van der Waals surface area contributed by atoms with Crippen LogP contribution in [-0.2, 0) is 17.6 Å². The predicted octanol–water partition coefficient (Wildman–Crippen LogP) is 2.70. The van der Waals surface area contributed by atoms with E-state index in [1.54, 1.807) is 6.08 Å². The van der Waals surface area contributed by atoms with Gasteiger partial charge in [0.2, 0.25) is 5.91 Å². The molecule has 0 spiro atoms. The lowest BCUT2D eigenvalue weighted by molar-refractivity contribution is -0.111.